The van der Waals surface area contributed by atoms with E-state index in [1.807, 2.05) is 0 Å². The van der Waals surface area contributed by atoms with Crippen LogP contribution in [-0.4, -0.2) is 37.2 Å². The number of ether oxygens (including phenoxy) is 3. The van der Waals surface area contributed by atoms with Gasteiger partial charge in [-0.1, -0.05) is 320 Å². The normalized spacial score (nSPS) is 12.2. The molecule has 0 bridgehead atoms. The third kappa shape index (κ3) is 60.5. The summed E-state index contributed by atoms with van der Waals surface area (Å²) >= 11 is 0. The van der Waals surface area contributed by atoms with Crippen molar-refractivity contribution in [2.24, 2.45) is 0 Å². The van der Waals surface area contributed by atoms with Gasteiger partial charge in [-0.15, -0.1) is 0 Å². The fourth-order valence-electron chi connectivity index (χ4n) is 9.92. The van der Waals surface area contributed by atoms with Gasteiger partial charge in [-0.2, -0.15) is 0 Å². The number of rotatable bonds is 61. The Hall–Kier alpha value is -2.37. The number of carbonyl (C=O) groups is 3. The van der Waals surface area contributed by atoms with Crippen molar-refractivity contribution >= 4 is 17.9 Å². The summed E-state index contributed by atoms with van der Waals surface area (Å²) in [4.78, 5) is 38.4. The molecule has 0 saturated carbocycles. The van der Waals surface area contributed by atoms with E-state index >= 15 is 0 Å². The Morgan fingerprint density at radius 2 is 0.486 bits per heavy atom. The van der Waals surface area contributed by atoms with Crippen molar-refractivity contribution in [2.45, 2.75) is 367 Å². The number of allylic oxidation sites excluding steroid dienone is 6. The van der Waals surface area contributed by atoms with Crippen molar-refractivity contribution in [3.05, 3.63) is 36.5 Å². The predicted molar refractivity (Wildman–Crippen MR) is 321 cm³/mol. The highest BCUT2D eigenvalue weighted by atomic mass is 16.6. The van der Waals surface area contributed by atoms with Gasteiger partial charge in [0, 0.05) is 19.3 Å². The smallest absolute Gasteiger partial charge is 0.306 e. The zero-order chi connectivity index (χ0) is 53.6. The van der Waals surface area contributed by atoms with Crippen LogP contribution in [0.5, 0.6) is 0 Å². The summed E-state index contributed by atoms with van der Waals surface area (Å²) in [7, 11) is 0. The molecule has 74 heavy (non-hydrogen) atoms. The van der Waals surface area contributed by atoms with Crippen LogP contribution in [-0.2, 0) is 28.6 Å². The molecule has 0 aromatic heterocycles. The molecule has 0 aliphatic rings. The molecule has 0 aromatic rings. The summed E-state index contributed by atoms with van der Waals surface area (Å²) in [5, 5.41) is 0. The molecule has 0 amide bonds. The Balaban J connectivity index is 4.34. The first-order valence-electron chi connectivity index (χ1n) is 33.0. The van der Waals surface area contributed by atoms with Crippen LogP contribution in [0, 0.1) is 0 Å². The van der Waals surface area contributed by atoms with Crippen molar-refractivity contribution < 1.29 is 28.6 Å². The minimum absolute atomic E-state index is 0.0707. The molecule has 0 rings (SSSR count). The molecule has 0 aromatic carbocycles. The Labute approximate surface area is 461 Å². The second-order valence-electron chi connectivity index (χ2n) is 22.4. The monoisotopic (exact) mass is 1040 g/mol. The fourth-order valence-corrected chi connectivity index (χ4v) is 9.92. The molecular formula is C68H126O6. The standard InChI is InChI=1S/C68H126O6/c1-4-7-10-13-16-19-22-25-28-31-33-34-35-38-40-43-46-49-52-55-58-61-67(70)73-64-65(63-72-66(69)60-57-54-51-48-45-42-39-36-30-27-24-21-18-15-12-9-6-3)74-68(71)62-59-56-53-50-47-44-41-37-32-29-26-23-20-17-14-11-8-5-2/h22,25,31,33,35,38,65H,4-21,23-24,26-30,32,34,36-37,39-64H2,1-3H3/b25-22-,33-31-,38-35-. The van der Waals surface area contributed by atoms with Gasteiger partial charge < -0.3 is 14.2 Å². The average molecular weight is 1040 g/mol. The minimum atomic E-state index is -0.775. The number of unbranched alkanes of at least 4 members (excludes halogenated alkanes) is 44. The van der Waals surface area contributed by atoms with Gasteiger partial charge in [-0.25, -0.2) is 0 Å². The zero-order valence-corrected chi connectivity index (χ0v) is 49.9. The summed E-state index contributed by atoms with van der Waals surface area (Å²) in [5.74, 6) is -0.856. The maximum Gasteiger partial charge on any atom is 0.306 e. The molecule has 0 aliphatic heterocycles. The molecule has 0 radical (unpaired) electrons. The Bertz CT molecular complexity index is 1240. The van der Waals surface area contributed by atoms with Crippen LogP contribution in [0.1, 0.15) is 361 Å². The molecule has 0 N–H and O–H groups in total. The molecule has 434 valence electrons. The van der Waals surface area contributed by atoms with E-state index in [1.165, 1.54) is 244 Å². The van der Waals surface area contributed by atoms with Crippen molar-refractivity contribution in [3.8, 4) is 0 Å². The molecule has 6 heteroatoms. The van der Waals surface area contributed by atoms with Crippen molar-refractivity contribution in [1.82, 2.24) is 0 Å². The van der Waals surface area contributed by atoms with E-state index in [4.69, 9.17) is 14.2 Å². The lowest BCUT2D eigenvalue weighted by atomic mass is 10.0. The molecule has 0 aliphatic carbocycles. The van der Waals surface area contributed by atoms with Gasteiger partial charge in [0.2, 0.25) is 0 Å². The third-order valence-corrected chi connectivity index (χ3v) is 14.9. The van der Waals surface area contributed by atoms with E-state index in [9.17, 15) is 14.4 Å². The largest absolute Gasteiger partial charge is 0.462 e. The van der Waals surface area contributed by atoms with Gasteiger partial charge in [-0.05, 0) is 57.8 Å². The van der Waals surface area contributed by atoms with E-state index < -0.39 is 6.10 Å². The number of hydrogen-bond donors (Lipinski definition) is 0. The van der Waals surface area contributed by atoms with E-state index in [2.05, 4.69) is 57.2 Å². The highest BCUT2D eigenvalue weighted by molar-refractivity contribution is 5.71. The summed E-state index contributed by atoms with van der Waals surface area (Å²) in [6.45, 7) is 6.69. The quantitative estimate of drug-likeness (QED) is 0.0261. The Kier molecular flexibility index (Phi) is 61.1. The summed E-state index contributed by atoms with van der Waals surface area (Å²) in [6, 6.07) is 0. The lowest BCUT2D eigenvalue weighted by Gasteiger charge is -2.18. The molecule has 6 nitrogen and oxygen atoms in total. The Morgan fingerprint density at radius 1 is 0.270 bits per heavy atom. The molecule has 0 spiro atoms. The maximum absolute atomic E-state index is 12.9. The number of hydrogen-bond acceptors (Lipinski definition) is 6. The molecule has 1 atom stereocenters. The van der Waals surface area contributed by atoms with Crippen molar-refractivity contribution in [1.29, 1.82) is 0 Å². The summed E-state index contributed by atoms with van der Waals surface area (Å²) in [5.41, 5.74) is 0. The van der Waals surface area contributed by atoms with Crippen LogP contribution in [0.2, 0.25) is 0 Å². The third-order valence-electron chi connectivity index (χ3n) is 14.9. The molecule has 0 heterocycles. The van der Waals surface area contributed by atoms with Gasteiger partial charge in [-0.3, -0.25) is 14.4 Å². The maximum atomic E-state index is 12.9. The van der Waals surface area contributed by atoms with Crippen LogP contribution in [0.3, 0.4) is 0 Å². The van der Waals surface area contributed by atoms with E-state index in [0.29, 0.717) is 19.3 Å². The van der Waals surface area contributed by atoms with Gasteiger partial charge in [0.1, 0.15) is 13.2 Å². The molecule has 1 unspecified atom stereocenters. The highest BCUT2D eigenvalue weighted by Crippen LogP contribution is 2.18. The van der Waals surface area contributed by atoms with E-state index in [0.717, 1.165) is 77.0 Å². The minimum Gasteiger partial charge on any atom is -0.462 e. The predicted octanol–water partition coefficient (Wildman–Crippen LogP) is 22.4. The molecular weight excluding hydrogens is 913 g/mol. The van der Waals surface area contributed by atoms with Gasteiger partial charge in [0.15, 0.2) is 6.10 Å². The average Bonchev–Trinajstić information content (AvgIpc) is 3.40. The topological polar surface area (TPSA) is 78.9 Å². The van der Waals surface area contributed by atoms with Crippen LogP contribution in [0.25, 0.3) is 0 Å². The number of esters is 3. The van der Waals surface area contributed by atoms with Crippen molar-refractivity contribution in [3.63, 3.8) is 0 Å². The van der Waals surface area contributed by atoms with Crippen molar-refractivity contribution in [2.75, 3.05) is 13.2 Å². The first kappa shape index (κ1) is 71.6. The van der Waals surface area contributed by atoms with Gasteiger partial charge in [0.25, 0.3) is 0 Å². The van der Waals surface area contributed by atoms with E-state index in [-0.39, 0.29) is 31.1 Å². The van der Waals surface area contributed by atoms with E-state index in [1.54, 1.807) is 0 Å². The van der Waals surface area contributed by atoms with Gasteiger partial charge in [0.05, 0.1) is 0 Å². The fraction of sp³-hybridized carbons (Fsp3) is 0.868. The molecule has 0 fully saturated rings. The first-order valence-corrected chi connectivity index (χ1v) is 33.0. The Morgan fingerprint density at radius 3 is 0.757 bits per heavy atom. The lowest BCUT2D eigenvalue weighted by molar-refractivity contribution is -0.167. The van der Waals surface area contributed by atoms with Crippen LogP contribution >= 0.6 is 0 Å². The first-order chi connectivity index (χ1) is 36.5. The lowest BCUT2D eigenvalue weighted by Crippen LogP contribution is -2.30. The second kappa shape index (κ2) is 63.2. The highest BCUT2D eigenvalue weighted by Gasteiger charge is 2.19. The second-order valence-corrected chi connectivity index (χ2v) is 22.4. The van der Waals surface area contributed by atoms with Crippen LogP contribution in [0.15, 0.2) is 36.5 Å². The number of carbonyl (C=O) groups excluding carboxylic acids is 3. The molecule has 0 saturated heterocycles. The van der Waals surface area contributed by atoms with Crippen LogP contribution < -0.4 is 0 Å². The van der Waals surface area contributed by atoms with Crippen LogP contribution in [0.4, 0.5) is 0 Å². The zero-order valence-electron chi connectivity index (χ0n) is 49.9. The van der Waals surface area contributed by atoms with Gasteiger partial charge >= 0.3 is 17.9 Å². The summed E-state index contributed by atoms with van der Waals surface area (Å²) < 4.78 is 17.0. The SMILES string of the molecule is CCCCCCC/C=C\C/C=C\C/C=C\CCCCCCCCC(=O)OCC(COC(=O)CCCCCCCCCCCCCCCCCCC)OC(=O)CCCCCCCCCCCCCCCCCCCC. The summed E-state index contributed by atoms with van der Waals surface area (Å²) in [6.07, 6.45) is 77.2.